The molecule has 1 amide bonds. The van der Waals surface area contributed by atoms with E-state index in [2.05, 4.69) is 5.32 Å². The lowest BCUT2D eigenvalue weighted by molar-refractivity contribution is -0.384. The van der Waals surface area contributed by atoms with Gasteiger partial charge >= 0.3 is 0 Å². The van der Waals surface area contributed by atoms with Crippen LogP contribution in [0.1, 0.15) is 5.56 Å². The maximum Gasteiger partial charge on any atom is 0.270 e. The molecule has 0 bridgehead atoms. The second kappa shape index (κ2) is 9.87. The van der Waals surface area contributed by atoms with Gasteiger partial charge in [-0.3, -0.25) is 19.8 Å². The number of nitrogens with one attached hydrogen (secondary N) is 1. The van der Waals surface area contributed by atoms with E-state index in [4.69, 9.17) is 11.6 Å². The number of allylic oxidation sites excluding steroid dienone is 1. The Bertz CT molecular complexity index is 1010. The summed E-state index contributed by atoms with van der Waals surface area (Å²) < 4.78 is 0. The Labute approximate surface area is 179 Å². The highest BCUT2D eigenvalue weighted by molar-refractivity contribution is 6.33. The molecule has 2 aromatic carbocycles. The van der Waals surface area contributed by atoms with Gasteiger partial charge in [-0.1, -0.05) is 35.9 Å². The molecule has 9 heteroatoms. The van der Waals surface area contributed by atoms with Gasteiger partial charge in [-0.05, 0) is 12.1 Å². The van der Waals surface area contributed by atoms with E-state index in [0.717, 1.165) is 0 Å². The predicted octanol–water partition coefficient (Wildman–Crippen LogP) is 3.37. The largest absolute Gasteiger partial charge is 0.368 e. The van der Waals surface area contributed by atoms with E-state index < -0.39 is 4.92 Å². The van der Waals surface area contributed by atoms with Crippen molar-refractivity contribution in [2.75, 3.05) is 38.0 Å². The molecule has 0 aliphatic carbocycles. The van der Waals surface area contributed by atoms with Gasteiger partial charge < -0.3 is 10.2 Å². The van der Waals surface area contributed by atoms with Gasteiger partial charge in [0.05, 0.1) is 33.9 Å². The van der Waals surface area contributed by atoms with Crippen LogP contribution in [0.15, 0.2) is 54.6 Å². The van der Waals surface area contributed by atoms with Crippen molar-refractivity contribution >= 4 is 34.6 Å². The molecule has 1 fully saturated rings. The third kappa shape index (κ3) is 5.35. The molecule has 30 heavy (non-hydrogen) atoms. The summed E-state index contributed by atoms with van der Waals surface area (Å²) in [4.78, 5) is 27.0. The van der Waals surface area contributed by atoms with Crippen LogP contribution in [0, 0.1) is 21.4 Å². The number of benzene rings is 2. The Kier molecular flexibility index (Phi) is 7.01. The van der Waals surface area contributed by atoms with Crippen LogP contribution in [-0.4, -0.2) is 53.4 Å². The number of non-ortho nitro benzene ring substituents is 1. The van der Waals surface area contributed by atoms with Gasteiger partial charge in [0.25, 0.3) is 5.69 Å². The number of rotatable bonds is 6. The molecule has 0 saturated carbocycles. The smallest absolute Gasteiger partial charge is 0.270 e. The molecule has 1 aliphatic rings. The van der Waals surface area contributed by atoms with Crippen molar-refractivity contribution in [1.82, 2.24) is 9.80 Å². The SMILES string of the molecule is N#C/C=C(\c1cccc([N+](=O)[O-])c1)N1CCN(CC(=O)Nc2ccccc2Cl)CC1. The molecule has 3 rings (SSSR count). The van der Waals surface area contributed by atoms with Crippen LogP contribution in [0.4, 0.5) is 11.4 Å². The van der Waals surface area contributed by atoms with Gasteiger partial charge in [0.2, 0.25) is 5.91 Å². The summed E-state index contributed by atoms with van der Waals surface area (Å²) in [6.07, 6.45) is 1.40. The third-order valence-corrected chi connectivity index (χ3v) is 5.11. The van der Waals surface area contributed by atoms with Gasteiger partial charge in [-0.25, -0.2) is 0 Å². The lowest BCUT2D eigenvalue weighted by atomic mass is 10.1. The van der Waals surface area contributed by atoms with E-state index >= 15 is 0 Å². The molecule has 0 aromatic heterocycles. The van der Waals surface area contributed by atoms with Gasteiger partial charge in [0, 0.05) is 50.0 Å². The van der Waals surface area contributed by atoms with Crippen LogP contribution < -0.4 is 5.32 Å². The molecule has 8 nitrogen and oxygen atoms in total. The van der Waals surface area contributed by atoms with Crippen LogP contribution in [0.25, 0.3) is 5.70 Å². The Balaban J connectivity index is 1.61. The van der Waals surface area contributed by atoms with Crippen molar-refractivity contribution < 1.29 is 9.72 Å². The normalized spacial score (nSPS) is 14.8. The summed E-state index contributed by atoms with van der Waals surface area (Å²) in [6.45, 7) is 2.65. The molecule has 1 saturated heterocycles. The monoisotopic (exact) mass is 425 g/mol. The lowest BCUT2D eigenvalue weighted by Crippen LogP contribution is -2.47. The molecular weight excluding hydrogens is 406 g/mol. The van der Waals surface area contributed by atoms with E-state index in [1.165, 1.54) is 18.2 Å². The molecule has 154 valence electrons. The molecule has 0 unspecified atom stereocenters. The number of hydrogen-bond acceptors (Lipinski definition) is 6. The highest BCUT2D eigenvalue weighted by atomic mass is 35.5. The maximum absolute atomic E-state index is 12.3. The maximum atomic E-state index is 12.3. The number of nitriles is 1. The fourth-order valence-corrected chi connectivity index (χ4v) is 3.48. The standard InChI is InChI=1S/C21H20ClN5O3/c22-18-6-1-2-7-19(18)24-21(28)15-25-10-12-26(13-11-25)20(8-9-23)16-4-3-5-17(14-16)27(29)30/h1-8,14H,10-13,15H2,(H,24,28)/b20-8+. The Morgan fingerprint density at radius 2 is 1.93 bits per heavy atom. The first-order valence-corrected chi connectivity index (χ1v) is 9.72. The van der Waals surface area contributed by atoms with Gasteiger partial charge in [0.15, 0.2) is 0 Å². The van der Waals surface area contributed by atoms with Crippen LogP contribution in [0.5, 0.6) is 0 Å². The van der Waals surface area contributed by atoms with Gasteiger partial charge in [-0.2, -0.15) is 5.26 Å². The Hall–Kier alpha value is -3.41. The summed E-state index contributed by atoms with van der Waals surface area (Å²) >= 11 is 6.07. The molecule has 0 atom stereocenters. The quantitative estimate of drug-likeness (QED) is 0.432. The molecule has 2 aromatic rings. The number of carbonyl (C=O) groups is 1. The highest BCUT2D eigenvalue weighted by Crippen LogP contribution is 2.25. The van der Waals surface area contributed by atoms with E-state index in [9.17, 15) is 20.2 Å². The minimum absolute atomic E-state index is 0.0220. The number of nitrogens with zero attached hydrogens (tertiary/aromatic N) is 4. The minimum atomic E-state index is -0.455. The average Bonchev–Trinajstić information content (AvgIpc) is 2.74. The van der Waals surface area contributed by atoms with Crippen molar-refractivity contribution in [2.24, 2.45) is 0 Å². The number of hydrogen-bond donors (Lipinski definition) is 1. The van der Waals surface area contributed by atoms with Gasteiger partial charge in [-0.15, -0.1) is 0 Å². The first kappa shape index (κ1) is 21.3. The number of anilines is 1. The summed E-state index contributed by atoms with van der Waals surface area (Å²) in [5, 5.41) is 23.5. The fraction of sp³-hybridized carbons (Fsp3) is 0.238. The number of carbonyl (C=O) groups excluding carboxylic acids is 1. The molecule has 1 N–H and O–H groups in total. The summed E-state index contributed by atoms with van der Waals surface area (Å²) in [6, 6.07) is 15.3. The summed E-state index contributed by atoms with van der Waals surface area (Å²) in [7, 11) is 0. The summed E-state index contributed by atoms with van der Waals surface area (Å²) in [5.41, 5.74) is 1.82. The van der Waals surface area contributed by atoms with Crippen LogP contribution in [0.3, 0.4) is 0 Å². The predicted molar refractivity (Wildman–Crippen MR) is 115 cm³/mol. The Morgan fingerprint density at radius 1 is 1.20 bits per heavy atom. The van der Waals surface area contributed by atoms with Crippen LogP contribution >= 0.6 is 11.6 Å². The molecule has 0 radical (unpaired) electrons. The number of para-hydroxylation sites is 1. The van der Waals surface area contributed by atoms with Crippen molar-refractivity contribution in [3.05, 3.63) is 75.3 Å². The van der Waals surface area contributed by atoms with Crippen molar-refractivity contribution in [1.29, 1.82) is 5.26 Å². The van der Waals surface area contributed by atoms with Crippen molar-refractivity contribution in [3.8, 4) is 6.07 Å². The number of halogens is 1. The highest BCUT2D eigenvalue weighted by Gasteiger charge is 2.22. The molecular formula is C21H20ClN5O3. The second-order valence-corrected chi connectivity index (χ2v) is 7.16. The lowest BCUT2D eigenvalue weighted by Gasteiger charge is -2.36. The second-order valence-electron chi connectivity index (χ2n) is 6.76. The zero-order chi connectivity index (χ0) is 21.5. The third-order valence-electron chi connectivity index (χ3n) is 4.78. The number of nitro groups is 1. The first-order valence-electron chi connectivity index (χ1n) is 9.34. The first-order chi connectivity index (χ1) is 14.5. The molecule has 1 aliphatic heterocycles. The van der Waals surface area contributed by atoms with Crippen molar-refractivity contribution in [2.45, 2.75) is 0 Å². The van der Waals surface area contributed by atoms with E-state index in [0.29, 0.717) is 48.1 Å². The number of nitro benzene ring substituents is 1. The number of piperazine rings is 1. The summed E-state index contributed by atoms with van der Waals surface area (Å²) in [5.74, 6) is -0.150. The topological polar surface area (TPSA) is 103 Å². The van der Waals surface area contributed by atoms with Gasteiger partial charge in [0.1, 0.15) is 0 Å². The number of amides is 1. The van der Waals surface area contributed by atoms with E-state index in [1.807, 2.05) is 15.9 Å². The minimum Gasteiger partial charge on any atom is -0.368 e. The molecule has 0 spiro atoms. The fourth-order valence-electron chi connectivity index (χ4n) is 3.30. The zero-order valence-corrected chi connectivity index (χ0v) is 16.9. The Morgan fingerprint density at radius 3 is 2.60 bits per heavy atom. The van der Waals surface area contributed by atoms with Crippen LogP contribution in [0.2, 0.25) is 5.02 Å². The average molecular weight is 426 g/mol. The van der Waals surface area contributed by atoms with E-state index in [-0.39, 0.29) is 18.1 Å². The van der Waals surface area contributed by atoms with Crippen molar-refractivity contribution in [3.63, 3.8) is 0 Å². The zero-order valence-electron chi connectivity index (χ0n) is 16.1. The van der Waals surface area contributed by atoms with E-state index in [1.54, 1.807) is 36.4 Å². The molecule has 1 heterocycles. The van der Waals surface area contributed by atoms with Crippen LogP contribution in [-0.2, 0) is 4.79 Å².